The fourth-order valence-electron chi connectivity index (χ4n) is 2.38. The summed E-state index contributed by atoms with van der Waals surface area (Å²) in [5, 5.41) is 6.52. The van der Waals surface area contributed by atoms with Gasteiger partial charge < -0.3 is 20.5 Å². The summed E-state index contributed by atoms with van der Waals surface area (Å²) in [6, 6.07) is 1.83. The lowest BCUT2D eigenvalue weighted by Gasteiger charge is -2.27. The number of carbonyl (C=O) groups is 1. The Morgan fingerprint density at radius 2 is 1.76 bits per heavy atom. The van der Waals surface area contributed by atoms with Crippen LogP contribution in [0.2, 0.25) is 0 Å². The number of nitrogens with one attached hydrogen (secondary N) is 1. The standard InChI is InChI=1S/C14H19F3N4.C6H13NO2.C2H6O/c1-13(2,14(15,16)17)5-3-4-11-9-21-12(20-11)6-10(7-18)8-19-21;1-6(2,3)9-5(8)7-4;1-3-2/h6,8-9H,3-5,7,18H2,1-2H3;1-4H3,(H,7,8);1-2H3. The summed E-state index contributed by atoms with van der Waals surface area (Å²) in [4.78, 5) is 14.9. The Morgan fingerprint density at radius 3 is 2.18 bits per heavy atom. The lowest BCUT2D eigenvalue weighted by atomic mass is 9.86. The van der Waals surface area contributed by atoms with Crippen molar-refractivity contribution in [3.05, 3.63) is 29.7 Å². The zero-order valence-electron chi connectivity index (χ0n) is 20.8. The van der Waals surface area contributed by atoms with Crippen LogP contribution in [-0.4, -0.2) is 53.7 Å². The summed E-state index contributed by atoms with van der Waals surface area (Å²) < 4.78 is 49.0. The van der Waals surface area contributed by atoms with Gasteiger partial charge in [-0.2, -0.15) is 18.3 Å². The molecule has 33 heavy (non-hydrogen) atoms. The molecular weight excluding hydrogens is 439 g/mol. The van der Waals surface area contributed by atoms with Crippen LogP contribution in [0.1, 0.15) is 58.7 Å². The number of ether oxygens (including phenoxy) is 2. The largest absolute Gasteiger partial charge is 0.444 e. The summed E-state index contributed by atoms with van der Waals surface area (Å²) in [7, 11) is 4.79. The molecule has 0 aliphatic carbocycles. The molecule has 0 unspecified atom stereocenters. The topological polar surface area (TPSA) is 104 Å². The Bertz CT molecular complexity index is 846. The molecule has 0 spiro atoms. The second kappa shape index (κ2) is 13.3. The average molecular weight is 478 g/mol. The van der Waals surface area contributed by atoms with Gasteiger partial charge >= 0.3 is 12.3 Å². The monoisotopic (exact) mass is 477 g/mol. The Kier molecular flexibility index (Phi) is 12.4. The number of alkyl halides is 3. The number of aryl methyl sites for hydroxylation is 1. The number of imidazole rings is 1. The highest BCUT2D eigenvalue weighted by molar-refractivity contribution is 5.67. The molecule has 0 aromatic carbocycles. The van der Waals surface area contributed by atoms with E-state index in [1.807, 2.05) is 26.8 Å². The van der Waals surface area contributed by atoms with Gasteiger partial charge in [-0.05, 0) is 51.7 Å². The van der Waals surface area contributed by atoms with Crippen molar-refractivity contribution in [3.63, 3.8) is 0 Å². The van der Waals surface area contributed by atoms with E-state index in [2.05, 4.69) is 20.1 Å². The number of alkyl carbamates (subject to hydrolysis) is 1. The molecule has 0 aliphatic rings. The van der Waals surface area contributed by atoms with E-state index in [1.54, 1.807) is 31.1 Å². The van der Waals surface area contributed by atoms with E-state index in [4.69, 9.17) is 10.5 Å². The second-order valence-corrected chi connectivity index (χ2v) is 9.00. The molecule has 3 N–H and O–H groups in total. The number of methoxy groups -OCH3 is 1. The van der Waals surface area contributed by atoms with E-state index >= 15 is 0 Å². The van der Waals surface area contributed by atoms with Gasteiger partial charge in [0.05, 0.1) is 23.5 Å². The Hall–Kier alpha value is -2.40. The van der Waals surface area contributed by atoms with Gasteiger partial charge in [0.1, 0.15) is 5.60 Å². The first-order valence-corrected chi connectivity index (χ1v) is 10.5. The van der Waals surface area contributed by atoms with Crippen molar-refractivity contribution in [1.29, 1.82) is 0 Å². The minimum Gasteiger partial charge on any atom is -0.444 e. The first kappa shape index (κ1) is 30.6. The van der Waals surface area contributed by atoms with Crippen molar-refractivity contribution in [2.24, 2.45) is 11.1 Å². The third-order valence-corrected chi connectivity index (χ3v) is 4.27. The van der Waals surface area contributed by atoms with Gasteiger partial charge in [-0.15, -0.1) is 0 Å². The third-order valence-electron chi connectivity index (χ3n) is 4.27. The Balaban J connectivity index is 0.000000715. The number of hydrogen-bond donors (Lipinski definition) is 2. The molecule has 2 aromatic heterocycles. The lowest BCUT2D eigenvalue weighted by molar-refractivity contribution is -0.213. The molecule has 2 aromatic rings. The van der Waals surface area contributed by atoms with Crippen LogP contribution in [0.15, 0.2) is 18.5 Å². The molecule has 0 fully saturated rings. The molecule has 2 heterocycles. The van der Waals surface area contributed by atoms with Crippen molar-refractivity contribution < 1.29 is 27.4 Å². The number of rotatable bonds is 5. The first-order chi connectivity index (χ1) is 15.1. The van der Waals surface area contributed by atoms with Crippen molar-refractivity contribution in [2.75, 3.05) is 21.3 Å². The molecule has 0 saturated heterocycles. The molecule has 0 bridgehead atoms. The molecule has 8 nitrogen and oxygen atoms in total. The first-order valence-electron chi connectivity index (χ1n) is 10.5. The fraction of sp³-hybridized carbons (Fsp3) is 0.682. The lowest BCUT2D eigenvalue weighted by Crippen LogP contribution is -2.32. The number of aromatic nitrogens is 3. The van der Waals surface area contributed by atoms with Gasteiger partial charge in [-0.1, -0.05) is 13.8 Å². The van der Waals surface area contributed by atoms with Crippen LogP contribution < -0.4 is 11.1 Å². The predicted molar refractivity (Wildman–Crippen MR) is 122 cm³/mol. The summed E-state index contributed by atoms with van der Waals surface area (Å²) in [5.74, 6) is 0. The SMILES string of the molecule is CC(C)(CCCc1cn2ncc(CN)cc2n1)C(F)(F)F.CNC(=O)OC(C)(C)C.COC. The van der Waals surface area contributed by atoms with Crippen molar-refractivity contribution >= 4 is 11.7 Å². The summed E-state index contributed by atoms with van der Waals surface area (Å²) in [6.07, 6.45) is -0.153. The number of halogens is 3. The molecule has 2 rings (SSSR count). The summed E-state index contributed by atoms with van der Waals surface area (Å²) in [5.41, 5.74) is 5.76. The average Bonchev–Trinajstić information content (AvgIpc) is 3.08. The maximum atomic E-state index is 12.8. The van der Waals surface area contributed by atoms with E-state index in [0.717, 1.165) is 11.3 Å². The molecule has 190 valence electrons. The van der Waals surface area contributed by atoms with E-state index in [1.165, 1.54) is 20.9 Å². The maximum absolute atomic E-state index is 12.8. The zero-order valence-corrected chi connectivity index (χ0v) is 20.8. The molecule has 11 heteroatoms. The van der Waals surface area contributed by atoms with E-state index in [0.29, 0.717) is 25.0 Å². The maximum Gasteiger partial charge on any atom is 0.407 e. The van der Waals surface area contributed by atoms with Crippen molar-refractivity contribution in [3.8, 4) is 0 Å². The van der Waals surface area contributed by atoms with Gasteiger partial charge in [0.15, 0.2) is 5.65 Å². The van der Waals surface area contributed by atoms with Crippen LogP contribution in [0.4, 0.5) is 18.0 Å². The summed E-state index contributed by atoms with van der Waals surface area (Å²) in [6.45, 7) is 8.30. The van der Waals surface area contributed by atoms with Crippen molar-refractivity contribution in [2.45, 2.75) is 72.2 Å². The molecule has 0 atom stereocenters. The van der Waals surface area contributed by atoms with Crippen LogP contribution in [0.5, 0.6) is 0 Å². The van der Waals surface area contributed by atoms with E-state index < -0.39 is 11.6 Å². The number of nitrogens with two attached hydrogens (primary N) is 1. The van der Waals surface area contributed by atoms with E-state index in [-0.39, 0.29) is 18.1 Å². The highest BCUT2D eigenvalue weighted by Gasteiger charge is 2.46. The van der Waals surface area contributed by atoms with Crippen LogP contribution in [0.3, 0.4) is 0 Å². The smallest absolute Gasteiger partial charge is 0.407 e. The highest BCUT2D eigenvalue weighted by Crippen LogP contribution is 2.41. The molecule has 0 aliphatic heterocycles. The minimum absolute atomic E-state index is 0.0752. The van der Waals surface area contributed by atoms with Crippen LogP contribution in [0, 0.1) is 5.41 Å². The van der Waals surface area contributed by atoms with Gasteiger partial charge in [-0.3, -0.25) is 0 Å². The Morgan fingerprint density at radius 1 is 1.18 bits per heavy atom. The van der Waals surface area contributed by atoms with Gasteiger partial charge in [0, 0.05) is 27.8 Å². The van der Waals surface area contributed by atoms with Gasteiger partial charge in [-0.25, -0.2) is 14.3 Å². The number of hydrogen-bond acceptors (Lipinski definition) is 6. The minimum atomic E-state index is -4.18. The molecule has 0 saturated carbocycles. The number of nitrogens with zero attached hydrogens (tertiary/aromatic N) is 3. The van der Waals surface area contributed by atoms with Gasteiger partial charge in [0.2, 0.25) is 0 Å². The summed E-state index contributed by atoms with van der Waals surface area (Å²) >= 11 is 0. The quantitative estimate of drug-likeness (QED) is 0.657. The normalized spacial score (nSPS) is 11.8. The molecular formula is C22H38F3N5O3. The fourth-order valence-corrected chi connectivity index (χ4v) is 2.38. The third kappa shape index (κ3) is 11.9. The molecule has 1 amide bonds. The van der Waals surface area contributed by atoms with E-state index in [9.17, 15) is 18.0 Å². The van der Waals surface area contributed by atoms with Crippen LogP contribution in [0.25, 0.3) is 5.65 Å². The second-order valence-electron chi connectivity index (χ2n) is 9.00. The van der Waals surface area contributed by atoms with Crippen LogP contribution in [-0.2, 0) is 22.4 Å². The number of fused-ring (bicyclic) bond motifs is 1. The van der Waals surface area contributed by atoms with Gasteiger partial charge in [0.25, 0.3) is 0 Å². The number of amides is 1. The predicted octanol–water partition coefficient (Wildman–Crippen LogP) is 4.50. The Labute approximate surface area is 194 Å². The van der Waals surface area contributed by atoms with Crippen LogP contribution >= 0.6 is 0 Å². The zero-order chi connectivity index (χ0) is 25.9. The highest BCUT2D eigenvalue weighted by atomic mass is 19.4. The number of carbonyl (C=O) groups excluding carboxylic acids is 1. The van der Waals surface area contributed by atoms with Crippen molar-refractivity contribution in [1.82, 2.24) is 19.9 Å². The molecule has 0 radical (unpaired) electrons.